The second-order valence-electron chi connectivity index (χ2n) is 5.16. The Morgan fingerprint density at radius 3 is 2.06 bits per heavy atom. The van der Waals surface area contributed by atoms with Crippen LogP contribution in [-0.2, 0) is 6.42 Å². The van der Waals surface area contributed by atoms with Crippen molar-refractivity contribution in [1.82, 2.24) is 0 Å². The van der Waals surface area contributed by atoms with Gasteiger partial charge in [0.05, 0.1) is 0 Å². The predicted octanol–water partition coefficient (Wildman–Crippen LogP) is 4.09. The van der Waals surface area contributed by atoms with Gasteiger partial charge in [-0.25, -0.2) is 0 Å². The molecular formula is C17H21N. The van der Waals surface area contributed by atoms with Gasteiger partial charge in [-0.15, -0.1) is 0 Å². The normalized spacial score (nSPS) is 10.7. The lowest BCUT2D eigenvalue weighted by molar-refractivity contribution is 1.08. The summed E-state index contributed by atoms with van der Waals surface area (Å²) < 4.78 is 0. The van der Waals surface area contributed by atoms with Crippen molar-refractivity contribution in [3.05, 3.63) is 63.7 Å². The predicted molar refractivity (Wildman–Crippen MR) is 79.1 cm³/mol. The maximum atomic E-state index is 5.85. The molecule has 0 amide bonds. The van der Waals surface area contributed by atoms with E-state index in [-0.39, 0.29) is 0 Å². The van der Waals surface area contributed by atoms with Crippen molar-refractivity contribution in [3.63, 3.8) is 0 Å². The summed E-state index contributed by atoms with van der Waals surface area (Å²) >= 11 is 0. The quantitative estimate of drug-likeness (QED) is 0.785. The van der Waals surface area contributed by atoms with E-state index >= 15 is 0 Å². The fourth-order valence-electron chi connectivity index (χ4n) is 2.47. The monoisotopic (exact) mass is 239 g/mol. The zero-order valence-electron chi connectivity index (χ0n) is 11.7. The van der Waals surface area contributed by atoms with Gasteiger partial charge in [-0.1, -0.05) is 18.2 Å². The summed E-state index contributed by atoms with van der Waals surface area (Å²) in [5.74, 6) is 0. The Morgan fingerprint density at radius 1 is 0.889 bits per heavy atom. The number of rotatable bonds is 2. The van der Waals surface area contributed by atoms with Crippen LogP contribution in [0.25, 0.3) is 0 Å². The first-order valence-corrected chi connectivity index (χ1v) is 6.39. The molecule has 2 N–H and O–H groups in total. The lowest BCUT2D eigenvalue weighted by atomic mass is 9.90. The topological polar surface area (TPSA) is 26.0 Å². The summed E-state index contributed by atoms with van der Waals surface area (Å²) in [4.78, 5) is 0. The molecule has 2 rings (SSSR count). The second kappa shape index (κ2) is 4.85. The Kier molecular flexibility index (Phi) is 3.42. The second-order valence-corrected chi connectivity index (χ2v) is 5.16. The molecule has 1 nitrogen and oxygen atoms in total. The summed E-state index contributed by atoms with van der Waals surface area (Å²) in [6, 6.07) is 10.4. The molecule has 2 aromatic rings. The maximum absolute atomic E-state index is 5.85. The van der Waals surface area contributed by atoms with E-state index in [9.17, 15) is 0 Å². The Hall–Kier alpha value is -1.76. The van der Waals surface area contributed by atoms with Crippen molar-refractivity contribution in [2.75, 3.05) is 5.73 Å². The van der Waals surface area contributed by atoms with Crippen molar-refractivity contribution >= 4 is 5.69 Å². The Labute approximate surface area is 110 Å². The van der Waals surface area contributed by atoms with Crippen LogP contribution in [0.15, 0.2) is 30.3 Å². The number of aryl methyl sites for hydroxylation is 2. The van der Waals surface area contributed by atoms with E-state index in [0.29, 0.717) is 0 Å². The first kappa shape index (κ1) is 12.7. The van der Waals surface area contributed by atoms with Crippen molar-refractivity contribution in [3.8, 4) is 0 Å². The molecule has 0 unspecified atom stereocenters. The Balaban J connectivity index is 2.46. The van der Waals surface area contributed by atoms with Crippen molar-refractivity contribution < 1.29 is 0 Å². The van der Waals surface area contributed by atoms with E-state index in [0.717, 1.165) is 12.1 Å². The Bertz CT molecular complexity index is 556. The number of nitrogens with two attached hydrogens (primary N) is 1. The highest BCUT2D eigenvalue weighted by atomic mass is 14.5. The van der Waals surface area contributed by atoms with Crippen LogP contribution in [0.2, 0.25) is 0 Å². The third-order valence-electron chi connectivity index (χ3n) is 3.85. The fourth-order valence-corrected chi connectivity index (χ4v) is 2.47. The molecule has 0 aliphatic heterocycles. The summed E-state index contributed by atoms with van der Waals surface area (Å²) in [5, 5.41) is 0. The van der Waals surface area contributed by atoms with E-state index in [1.54, 1.807) is 0 Å². The highest BCUT2D eigenvalue weighted by molar-refractivity contribution is 5.48. The van der Waals surface area contributed by atoms with Crippen LogP contribution in [0, 0.1) is 27.7 Å². The highest BCUT2D eigenvalue weighted by Crippen LogP contribution is 2.24. The van der Waals surface area contributed by atoms with Crippen molar-refractivity contribution in [2.24, 2.45) is 0 Å². The molecule has 0 aliphatic rings. The molecule has 18 heavy (non-hydrogen) atoms. The van der Waals surface area contributed by atoms with Crippen LogP contribution in [-0.4, -0.2) is 0 Å². The lowest BCUT2D eigenvalue weighted by Crippen LogP contribution is -2.01. The van der Waals surface area contributed by atoms with E-state index in [4.69, 9.17) is 5.73 Å². The molecule has 0 aliphatic carbocycles. The number of anilines is 1. The van der Waals surface area contributed by atoms with Gasteiger partial charge in [0.1, 0.15) is 0 Å². The summed E-state index contributed by atoms with van der Waals surface area (Å²) in [6.45, 7) is 8.79. The average Bonchev–Trinajstić information content (AvgIpc) is 2.32. The zero-order chi connectivity index (χ0) is 13.3. The standard InChI is InChI=1S/C17H21N/c1-11-8-12(2)14(4)17(13(11)3)10-15-6-5-7-16(18)9-15/h5-9H,10,18H2,1-4H3. The van der Waals surface area contributed by atoms with Gasteiger partial charge in [-0.3, -0.25) is 0 Å². The van der Waals surface area contributed by atoms with Crippen LogP contribution in [0.5, 0.6) is 0 Å². The number of hydrogen-bond donors (Lipinski definition) is 1. The number of benzene rings is 2. The van der Waals surface area contributed by atoms with E-state index in [1.165, 1.54) is 33.4 Å². The minimum atomic E-state index is 0.840. The van der Waals surface area contributed by atoms with Gasteiger partial charge in [-0.2, -0.15) is 0 Å². The minimum Gasteiger partial charge on any atom is -0.399 e. The molecule has 0 radical (unpaired) electrons. The third-order valence-corrected chi connectivity index (χ3v) is 3.85. The molecule has 0 saturated carbocycles. The molecular weight excluding hydrogens is 218 g/mol. The van der Waals surface area contributed by atoms with Gasteiger partial charge in [0.15, 0.2) is 0 Å². The maximum Gasteiger partial charge on any atom is 0.0316 e. The number of hydrogen-bond acceptors (Lipinski definition) is 1. The molecule has 0 heterocycles. The molecule has 1 heteroatoms. The van der Waals surface area contributed by atoms with Crippen LogP contribution in [0.1, 0.15) is 33.4 Å². The number of nitrogen functional groups attached to an aromatic ring is 1. The van der Waals surface area contributed by atoms with Crippen LogP contribution in [0.4, 0.5) is 5.69 Å². The lowest BCUT2D eigenvalue weighted by Gasteiger charge is -2.15. The molecule has 2 aromatic carbocycles. The molecule has 0 fully saturated rings. The van der Waals surface area contributed by atoms with Crippen molar-refractivity contribution in [2.45, 2.75) is 34.1 Å². The highest BCUT2D eigenvalue weighted by Gasteiger charge is 2.09. The van der Waals surface area contributed by atoms with Gasteiger partial charge in [0.25, 0.3) is 0 Å². The van der Waals surface area contributed by atoms with Crippen LogP contribution in [0.3, 0.4) is 0 Å². The molecule has 0 atom stereocenters. The van der Waals surface area contributed by atoms with E-state index in [2.05, 4.69) is 45.9 Å². The SMILES string of the molecule is Cc1cc(C)c(C)c(Cc2cccc(N)c2)c1C. The molecule has 94 valence electrons. The van der Waals surface area contributed by atoms with Crippen LogP contribution >= 0.6 is 0 Å². The minimum absolute atomic E-state index is 0.840. The average molecular weight is 239 g/mol. The largest absolute Gasteiger partial charge is 0.399 e. The first-order valence-electron chi connectivity index (χ1n) is 6.39. The smallest absolute Gasteiger partial charge is 0.0316 e. The van der Waals surface area contributed by atoms with Gasteiger partial charge in [0, 0.05) is 5.69 Å². The summed E-state index contributed by atoms with van der Waals surface area (Å²) in [5.41, 5.74) is 15.0. The molecule has 0 saturated heterocycles. The van der Waals surface area contributed by atoms with E-state index < -0.39 is 0 Å². The van der Waals surface area contributed by atoms with E-state index in [1.807, 2.05) is 12.1 Å². The fraction of sp³-hybridized carbons (Fsp3) is 0.294. The van der Waals surface area contributed by atoms with Gasteiger partial charge in [-0.05, 0) is 79.6 Å². The van der Waals surface area contributed by atoms with Gasteiger partial charge >= 0.3 is 0 Å². The molecule has 0 aromatic heterocycles. The Morgan fingerprint density at radius 2 is 1.50 bits per heavy atom. The first-order chi connectivity index (χ1) is 8.49. The van der Waals surface area contributed by atoms with Gasteiger partial charge < -0.3 is 5.73 Å². The van der Waals surface area contributed by atoms with Crippen LogP contribution < -0.4 is 5.73 Å². The summed E-state index contributed by atoms with van der Waals surface area (Å²) in [6.07, 6.45) is 0.964. The zero-order valence-corrected chi connectivity index (χ0v) is 11.7. The molecule has 0 spiro atoms. The third kappa shape index (κ3) is 2.40. The van der Waals surface area contributed by atoms with Crippen molar-refractivity contribution in [1.29, 1.82) is 0 Å². The summed E-state index contributed by atoms with van der Waals surface area (Å²) in [7, 11) is 0. The van der Waals surface area contributed by atoms with Gasteiger partial charge in [0.2, 0.25) is 0 Å². The molecule has 0 bridgehead atoms.